The average molecular weight is 698 g/mol. The van der Waals surface area contributed by atoms with Crippen LogP contribution in [0, 0.1) is 11.3 Å². The van der Waals surface area contributed by atoms with Gasteiger partial charge in [-0.2, -0.15) is 8.42 Å². The molecule has 2 aromatic rings. The Morgan fingerprint density at radius 1 is 1.00 bits per heavy atom. The molecule has 6 rings (SSSR count). The lowest BCUT2D eigenvalue weighted by Gasteiger charge is -2.27. The first-order valence-electron chi connectivity index (χ1n) is 16.3. The van der Waals surface area contributed by atoms with Crippen molar-refractivity contribution in [3.63, 3.8) is 0 Å². The lowest BCUT2D eigenvalue weighted by Crippen LogP contribution is -2.49. The van der Waals surface area contributed by atoms with Gasteiger partial charge in [-0.15, -0.1) is 0 Å². The van der Waals surface area contributed by atoms with E-state index in [2.05, 4.69) is 9.44 Å². The van der Waals surface area contributed by atoms with Crippen molar-refractivity contribution in [2.45, 2.75) is 82.6 Å². The summed E-state index contributed by atoms with van der Waals surface area (Å²) in [5, 5.41) is 0.418. The molecule has 5 atom stereocenters. The molecule has 4 N–H and O–H groups in total. The third-order valence-electron chi connectivity index (χ3n) is 9.75. The SMILES string of the molecule is N[C@H]1CCCCC/C=C\[C@@H]2C[C@@]2(C(=O)NS(=O)(=O)Nc2ccc(Cl)cc2)CC(=O)[C@@H]2C[C@@H](OC(=O)N3Cc4ccccc4C3)CN2C1=O. The van der Waals surface area contributed by atoms with E-state index < -0.39 is 57.5 Å². The number of halogens is 1. The maximum atomic E-state index is 14.1. The highest BCUT2D eigenvalue weighted by Gasteiger charge is 2.61. The van der Waals surface area contributed by atoms with E-state index in [-0.39, 0.29) is 37.4 Å². The standard InChI is InChI=1S/C34H40ClN5O7S/c35-25-12-14-26(15-13-25)37-48(45,46)38-32(43)34-17-24(34)10-4-2-1-3-5-11-28(36)31(42)40-21-27(16-29(40)30(41)18-34)47-33(44)39-19-22-8-6-7-9-23(22)20-39/h4,6-10,12-15,24,27-29,37H,1-3,5,11,16-21,36H2,(H,38,43)/b10-4-/t24-,27-,28+,29+,34-/m1/s1. The lowest BCUT2D eigenvalue weighted by molar-refractivity contribution is -0.140. The molecule has 48 heavy (non-hydrogen) atoms. The van der Waals surface area contributed by atoms with Crippen LogP contribution in [0.25, 0.3) is 0 Å². The number of anilines is 1. The molecule has 0 unspecified atom stereocenters. The van der Waals surface area contributed by atoms with Gasteiger partial charge in [-0.05, 0) is 67.0 Å². The molecule has 1 aliphatic carbocycles. The summed E-state index contributed by atoms with van der Waals surface area (Å²) >= 11 is 5.90. The monoisotopic (exact) mass is 697 g/mol. The van der Waals surface area contributed by atoms with Crippen LogP contribution in [-0.2, 0) is 42.4 Å². The highest BCUT2D eigenvalue weighted by Crippen LogP contribution is 2.57. The van der Waals surface area contributed by atoms with E-state index in [0.29, 0.717) is 24.5 Å². The maximum Gasteiger partial charge on any atom is 0.410 e. The summed E-state index contributed by atoms with van der Waals surface area (Å²) in [6.45, 7) is 0.803. The van der Waals surface area contributed by atoms with E-state index >= 15 is 0 Å². The fourth-order valence-electron chi connectivity index (χ4n) is 6.99. The molecule has 1 saturated carbocycles. The van der Waals surface area contributed by atoms with Gasteiger partial charge in [0.05, 0.1) is 29.7 Å². The number of allylic oxidation sites excluding steroid dienone is 2. The van der Waals surface area contributed by atoms with E-state index in [1.54, 1.807) is 4.90 Å². The molecule has 2 fully saturated rings. The van der Waals surface area contributed by atoms with Gasteiger partial charge in [0.2, 0.25) is 11.8 Å². The van der Waals surface area contributed by atoms with E-state index in [1.807, 2.05) is 36.4 Å². The topological polar surface area (TPSA) is 168 Å². The van der Waals surface area contributed by atoms with E-state index in [4.69, 9.17) is 22.1 Å². The van der Waals surface area contributed by atoms with Gasteiger partial charge in [0.1, 0.15) is 6.10 Å². The van der Waals surface area contributed by atoms with Gasteiger partial charge < -0.3 is 15.4 Å². The second-order valence-electron chi connectivity index (χ2n) is 13.2. The number of benzene rings is 2. The van der Waals surface area contributed by atoms with E-state index in [1.165, 1.54) is 29.2 Å². The number of carbonyl (C=O) groups is 4. The molecule has 0 aromatic heterocycles. The van der Waals surface area contributed by atoms with Crippen molar-refractivity contribution >= 4 is 51.2 Å². The molecule has 2 aromatic carbocycles. The van der Waals surface area contributed by atoms with Gasteiger partial charge >= 0.3 is 16.3 Å². The predicted molar refractivity (Wildman–Crippen MR) is 179 cm³/mol. The number of hydrogen-bond acceptors (Lipinski definition) is 8. The summed E-state index contributed by atoms with van der Waals surface area (Å²) in [6, 6.07) is 11.9. The van der Waals surface area contributed by atoms with Gasteiger partial charge in [0.15, 0.2) is 5.78 Å². The zero-order chi connectivity index (χ0) is 34.1. The molecule has 12 nitrogen and oxygen atoms in total. The number of nitrogens with one attached hydrogen (secondary N) is 2. The first-order valence-corrected chi connectivity index (χ1v) is 18.2. The van der Waals surface area contributed by atoms with Crippen molar-refractivity contribution in [2.75, 3.05) is 11.3 Å². The van der Waals surface area contributed by atoms with Crippen molar-refractivity contribution in [3.8, 4) is 0 Å². The number of ketones is 1. The molecule has 14 heteroatoms. The molecular formula is C34H40ClN5O7S. The summed E-state index contributed by atoms with van der Waals surface area (Å²) in [6.07, 6.45) is 6.20. The molecule has 256 valence electrons. The van der Waals surface area contributed by atoms with Gasteiger partial charge in [0.25, 0.3) is 0 Å². The first-order chi connectivity index (χ1) is 22.9. The number of ether oxygens (including phenoxy) is 1. The Morgan fingerprint density at radius 2 is 1.71 bits per heavy atom. The van der Waals surface area contributed by atoms with Crippen LogP contribution in [0.3, 0.4) is 0 Å². The van der Waals surface area contributed by atoms with Crippen LogP contribution >= 0.6 is 11.6 Å². The largest absolute Gasteiger partial charge is 0.444 e. The Labute approximate surface area is 285 Å². The predicted octanol–water partition coefficient (Wildman–Crippen LogP) is 4.05. The number of carbonyl (C=O) groups excluding carboxylic acids is 4. The van der Waals surface area contributed by atoms with E-state index in [9.17, 15) is 27.6 Å². The molecule has 0 radical (unpaired) electrons. The molecule has 0 bridgehead atoms. The smallest absolute Gasteiger partial charge is 0.410 e. The number of amides is 3. The van der Waals surface area contributed by atoms with Crippen LogP contribution in [0.1, 0.15) is 62.5 Å². The molecular weight excluding hydrogens is 658 g/mol. The molecule has 3 amide bonds. The van der Waals surface area contributed by atoms with Crippen LogP contribution in [-0.4, -0.2) is 66.6 Å². The van der Waals surface area contributed by atoms with Crippen LogP contribution in [0.5, 0.6) is 0 Å². The fraction of sp³-hybridized carbons (Fsp3) is 0.471. The summed E-state index contributed by atoms with van der Waals surface area (Å²) < 4.78 is 36.2. The van der Waals surface area contributed by atoms with Gasteiger partial charge in [0, 0.05) is 31.0 Å². The highest BCUT2D eigenvalue weighted by atomic mass is 35.5. The summed E-state index contributed by atoms with van der Waals surface area (Å²) in [5.74, 6) is -1.99. The third kappa shape index (κ3) is 7.53. The lowest BCUT2D eigenvalue weighted by atomic mass is 9.91. The second kappa shape index (κ2) is 13.9. The zero-order valence-electron chi connectivity index (χ0n) is 26.5. The number of hydrogen-bond donors (Lipinski definition) is 3. The normalized spacial score (nSPS) is 28.3. The third-order valence-corrected chi connectivity index (χ3v) is 11.0. The minimum Gasteiger partial charge on any atom is -0.444 e. The van der Waals surface area contributed by atoms with Gasteiger partial charge in [-0.25, -0.2) is 9.52 Å². The number of fused-ring (bicyclic) bond motifs is 3. The van der Waals surface area contributed by atoms with Gasteiger partial charge in [-0.3, -0.25) is 24.0 Å². The number of nitrogens with zero attached hydrogens (tertiary/aromatic N) is 2. The van der Waals surface area contributed by atoms with Crippen molar-refractivity contribution in [2.24, 2.45) is 17.1 Å². The minimum absolute atomic E-state index is 0.00259. The van der Waals surface area contributed by atoms with Crippen LogP contribution in [0.15, 0.2) is 60.7 Å². The quantitative estimate of drug-likeness (QED) is 0.394. The van der Waals surface area contributed by atoms with E-state index in [0.717, 1.165) is 36.8 Å². The fourth-order valence-corrected chi connectivity index (χ4v) is 8.06. The van der Waals surface area contributed by atoms with Crippen LogP contribution < -0.4 is 15.2 Å². The maximum absolute atomic E-state index is 14.1. The van der Waals surface area contributed by atoms with Gasteiger partial charge in [-0.1, -0.05) is 60.9 Å². The summed E-state index contributed by atoms with van der Waals surface area (Å²) in [7, 11) is -4.35. The Hall–Kier alpha value is -3.94. The number of nitrogens with two attached hydrogens (primary N) is 1. The van der Waals surface area contributed by atoms with Crippen molar-refractivity contribution < 1.29 is 32.3 Å². The van der Waals surface area contributed by atoms with Crippen LogP contribution in [0.4, 0.5) is 10.5 Å². The number of Topliss-reactive ketones (excluding diaryl/α,β-unsaturated/α-hetero) is 1. The number of rotatable bonds is 5. The molecule has 0 spiro atoms. The molecule has 3 heterocycles. The molecule has 4 aliphatic rings. The summed E-state index contributed by atoms with van der Waals surface area (Å²) in [5.41, 5.74) is 7.28. The second-order valence-corrected chi connectivity index (χ2v) is 15.1. The first kappa shape index (κ1) is 33.9. The molecule has 1 saturated heterocycles. The van der Waals surface area contributed by atoms with Crippen molar-refractivity contribution in [3.05, 3.63) is 76.8 Å². The van der Waals surface area contributed by atoms with Crippen molar-refractivity contribution in [1.29, 1.82) is 0 Å². The Kier molecular flexibility index (Phi) is 9.82. The Balaban J connectivity index is 1.20. The van der Waals surface area contributed by atoms with Crippen LogP contribution in [0.2, 0.25) is 5.02 Å². The Morgan fingerprint density at radius 3 is 2.42 bits per heavy atom. The van der Waals surface area contributed by atoms with Crippen molar-refractivity contribution in [1.82, 2.24) is 14.5 Å². The minimum atomic E-state index is -4.35. The molecule has 3 aliphatic heterocycles. The Bertz CT molecular complexity index is 1690. The zero-order valence-corrected chi connectivity index (χ0v) is 28.0. The highest BCUT2D eigenvalue weighted by molar-refractivity contribution is 7.91. The average Bonchev–Trinajstić information content (AvgIpc) is 3.35. The summed E-state index contributed by atoms with van der Waals surface area (Å²) in [4.78, 5) is 57.6.